The summed E-state index contributed by atoms with van der Waals surface area (Å²) in [5.41, 5.74) is -0.198. The number of ketones is 1. The van der Waals surface area contributed by atoms with E-state index in [9.17, 15) is 14.0 Å². The van der Waals surface area contributed by atoms with Gasteiger partial charge in [-0.3, -0.25) is 4.79 Å². The number of carboxylic acids is 1. The number of benzene rings is 1. The number of ether oxygens (including phenoxy) is 1. The molecule has 0 fully saturated rings. The highest BCUT2D eigenvalue weighted by molar-refractivity contribution is 6.40. The summed E-state index contributed by atoms with van der Waals surface area (Å²) in [4.78, 5) is 21.6. The van der Waals surface area contributed by atoms with Crippen molar-refractivity contribution in [1.82, 2.24) is 0 Å². The van der Waals surface area contributed by atoms with E-state index >= 15 is 0 Å². The molecule has 0 bridgehead atoms. The van der Waals surface area contributed by atoms with Crippen LogP contribution in [0.25, 0.3) is 0 Å². The van der Waals surface area contributed by atoms with Crippen LogP contribution < -0.4 is 4.74 Å². The lowest BCUT2D eigenvalue weighted by Gasteiger charge is -2.09. The summed E-state index contributed by atoms with van der Waals surface area (Å²) in [7, 11) is 1.18. The Morgan fingerprint density at radius 1 is 1.50 bits per heavy atom. The second-order valence-electron chi connectivity index (χ2n) is 3.04. The van der Waals surface area contributed by atoms with E-state index in [-0.39, 0.29) is 10.8 Å². The first-order valence-corrected chi connectivity index (χ1v) is 4.58. The number of Topliss-reactive ketones (excluding diaryl/α,β-unsaturated/α-hetero) is 1. The smallest absolute Gasteiger partial charge is 0.377 e. The van der Waals surface area contributed by atoms with E-state index in [0.717, 1.165) is 6.07 Å². The van der Waals surface area contributed by atoms with E-state index in [1.54, 1.807) is 0 Å². The number of methoxy groups -OCH3 is 1. The minimum atomic E-state index is -1.73. The molecule has 16 heavy (non-hydrogen) atoms. The fourth-order valence-electron chi connectivity index (χ4n) is 1.20. The number of hydrogen-bond acceptors (Lipinski definition) is 3. The zero-order valence-corrected chi connectivity index (χ0v) is 9.26. The van der Waals surface area contributed by atoms with Crippen LogP contribution >= 0.6 is 11.6 Å². The number of carbonyl (C=O) groups excluding carboxylic acids is 1. The molecule has 0 radical (unpaired) electrons. The molecule has 0 amide bonds. The standard InChI is InChI=1S/C10H8ClFO4/c1-4-3-5(8(13)10(14)15)7(12)9(16-2)6(4)11/h3H,1-2H3,(H,14,15). The summed E-state index contributed by atoms with van der Waals surface area (Å²) < 4.78 is 18.3. The topological polar surface area (TPSA) is 63.6 Å². The van der Waals surface area contributed by atoms with Gasteiger partial charge in [-0.25, -0.2) is 9.18 Å². The average molecular weight is 247 g/mol. The summed E-state index contributed by atoms with van der Waals surface area (Å²) >= 11 is 5.73. The monoisotopic (exact) mass is 246 g/mol. The SMILES string of the molecule is COc1c(F)c(C(=O)C(=O)O)cc(C)c1Cl. The average Bonchev–Trinajstić information content (AvgIpc) is 2.23. The van der Waals surface area contributed by atoms with Gasteiger partial charge in [0.25, 0.3) is 5.78 Å². The predicted molar refractivity (Wildman–Crippen MR) is 54.7 cm³/mol. The van der Waals surface area contributed by atoms with Gasteiger partial charge in [-0.15, -0.1) is 0 Å². The Morgan fingerprint density at radius 2 is 2.06 bits per heavy atom. The van der Waals surface area contributed by atoms with Crippen molar-refractivity contribution < 1.29 is 23.8 Å². The Morgan fingerprint density at radius 3 is 2.50 bits per heavy atom. The lowest BCUT2D eigenvalue weighted by molar-refractivity contribution is -0.131. The van der Waals surface area contributed by atoms with Crippen molar-refractivity contribution in [3.05, 3.63) is 28.0 Å². The van der Waals surface area contributed by atoms with Crippen LogP contribution in [0.3, 0.4) is 0 Å². The molecule has 0 aliphatic carbocycles. The summed E-state index contributed by atoms with van der Waals surface area (Å²) in [5, 5.41) is 8.51. The van der Waals surface area contributed by atoms with Gasteiger partial charge >= 0.3 is 5.97 Å². The maximum absolute atomic E-state index is 13.6. The van der Waals surface area contributed by atoms with Crippen molar-refractivity contribution in [2.24, 2.45) is 0 Å². The van der Waals surface area contributed by atoms with E-state index < -0.39 is 23.1 Å². The molecule has 0 aliphatic rings. The lowest BCUT2D eigenvalue weighted by Crippen LogP contribution is -2.15. The minimum Gasteiger partial charge on any atom is -0.492 e. The predicted octanol–water partition coefficient (Wildman–Crippen LogP) is 2.06. The molecule has 0 unspecified atom stereocenters. The summed E-state index contributed by atoms with van der Waals surface area (Å²) in [6, 6.07) is 1.08. The second kappa shape index (κ2) is 4.49. The highest BCUT2D eigenvalue weighted by Crippen LogP contribution is 2.33. The fraction of sp³-hybridized carbons (Fsp3) is 0.200. The normalized spacial score (nSPS) is 10.0. The zero-order chi connectivity index (χ0) is 12.5. The van der Waals surface area contributed by atoms with Crippen LogP contribution in [0.2, 0.25) is 5.02 Å². The largest absolute Gasteiger partial charge is 0.492 e. The number of hydrogen-bond donors (Lipinski definition) is 1. The fourth-order valence-corrected chi connectivity index (χ4v) is 1.42. The van der Waals surface area contributed by atoms with Crippen LogP contribution in [0.4, 0.5) is 4.39 Å². The van der Waals surface area contributed by atoms with Gasteiger partial charge in [-0.05, 0) is 18.6 Å². The molecule has 0 spiro atoms. The van der Waals surface area contributed by atoms with Crippen LogP contribution in [0.5, 0.6) is 5.75 Å². The number of halogens is 2. The molecule has 1 rings (SSSR count). The second-order valence-corrected chi connectivity index (χ2v) is 3.41. The molecule has 0 atom stereocenters. The maximum Gasteiger partial charge on any atom is 0.377 e. The van der Waals surface area contributed by atoms with Crippen molar-refractivity contribution in [2.75, 3.05) is 7.11 Å². The van der Waals surface area contributed by atoms with E-state index in [1.165, 1.54) is 14.0 Å². The van der Waals surface area contributed by atoms with Crippen LogP contribution in [-0.4, -0.2) is 24.0 Å². The third-order valence-electron chi connectivity index (χ3n) is 1.99. The molecule has 0 aliphatic heterocycles. The number of aryl methyl sites for hydroxylation is 1. The molecule has 4 nitrogen and oxygen atoms in total. The van der Waals surface area contributed by atoms with Gasteiger partial charge in [0.2, 0.25) is 0 Å². The van der Waals surface area contributed by atoms with Crippen LogP contribution in [-0.2, 0) is 4.79 Å². The first-order valence-electron chi connectivity index (χ1n) is 4.20. The Labute approximate surface area is 95.6 Å². The minimum absolute atomic E-state index is 0.0157. The molecule has 0 saturated carbocycles. The van der Waals surface area contributed by atoms with E-state index in [2.05, 4.69) is 4.74 Å². The van der Waals surface area contributed by atoms with Crippen LogP contribution in [0.15, 0.2) is 6.07 Å². The molecule has 0 aromatic heterocycles. The lowest BCUT2D eigenvalue weighted by atomic mass is 10.1. The summed E-state index contributed by atoms with van der Waals surface area (Å²) in [5.74, 6) is -4.46. The molecule has 1 N–H and O–H groups in total. The molecular weight excluding hydrogens is 239 g/mol. The van der Waals surface area contributed by atoms with E-state index in [4.69, 9.17) is 16.7 Å². The van der Waals surface area contributed by atoms with Gasteiger partial charge in [0.1, 0.15) is 0 Å². The van der Waals surface area contributed by atoms with E-state index in [0.29, 0.717) is 5.56 Å². The van der Waals surface area contributed by atoms with Gasteiger partial charge in [0.15, 0.2) is 11.6 Å². The van der Waals surface area contributed by atoms with Crippen molar-refractivity contribution >= 4 is 23.4 Å². The third-order valence-corrected chi connectivity index (χ3v) is 2.45. The van der Waals surface area contributed by atoms with Gasteiger partial charge in [0.05, 0.1) is 17.7 Å². The first-order chi connectivity index (χ1) is 7.40. The number of aliphatic carboxylic acids is 1. The van der Waals surface area contributed by atoms with Crippen LogP contribution in [0, 0.1) is 12.7 Å². The molecule has 86 valence electrons. The Hall–Kier alpha value is -1.62. The zero-order valence-electron chi connectivity index (χ0n) is 8.51. The van der Waals surface area contributed by atoms with Crippen molar-refractivity contribution in [3.63, 3.8) is 0 Å². The first kappa shape index (κ1) is 12.4. The molecule has 0 heterocycles. The van der Waals surface area contributed by atoms with E-state index in [1.807, 2.05) is 0 Å². The molecular formula is C10H8ClFO4. The van der Waals surface area contributed by atoms with Gasteiger partial charge < -0.3 is 9.84 Å². The van der Waals surface area contributed by atoms with Crippen LogP contribution in [0.1, 0.15) is 15.9 Å². The molecule has 6 heteroatoms. The highest BCUT2D eigenvalue weighted by Gasteiger charge is 2.24. The summed E-state index contributed by atoms with van der Waals surface area (Å²) in [6.07, 6.45) is 0. The van der Waals surface area contributed by atoms with Crippen molar-refractivity contribution in [3.8, 4) is 5.75 Å². The number of carbonyl (C=O) groups is 2. The Kier molecular flexibility index (Phi) is 3.49. The highest BCUT2D eigenvalue weighted by atomic mass is 35.5. The number of rotatable bonds is 3. The number of carboxylic acid groups (broad SMARTS) is 1. The Balaban J connectivity index is 3.48. The maximum atomic E-state index is 13.6. The Bertz CT molecular complexity index is 470. The quantitative estimate of drug-likeness (QED) is 0.655. The summed E-state index contributed by atoms with van der Waals surface area (Å²) in [6.45, 7) is 1.52. The molecule has 1 aromatic carbocycles. The van der Waals surface area contributed by atoms with Gasteiger partial charge in [-0.1, -0.05) is 11.6 Å². The van der Waals surface area contributed by atoms with Crippen molar-refractivity contribution in [2.45, 2.75) is 6.92 Å². The molecule has 0 saturated heterocycles. The molecule has 1 aromatic rings. The van der Waals surface area contributed by atoms with Crippen molar-refractivity contribution in [1.29, 1.82) is 0 Å². The van der Waals surface area contributed by atoms with Gasteiger partial charge in [0, 0.05) is 0 Å². The van der Waals surface area contributed by atoms with Gasteiger partial charge in [-0.2, -0.15) is 0 Å². The third kappa shape index (κ3) is 1.99.